The standard InChI is InChI=1S/C22H28ClF2N3O3/c23-16-1-2-18(29)15(11-16)14-27-7-9-28(10-8-27)19(30)13-26-20(31)17-12-21(17)3-5-22(24,25)6-4-21/h1-2,11,17,29H,3-10,12-14H2,(H,26,31). The van der Waals surface area contributed by atoms with E-state index in [0.29, 0.717) is 57.0 Å². The van der Waals surface area contributed by atoms with Crippen LogP contribution in [0.4, 0.5) is 8.78 Å². The molecule has 1 aromatic carbocycles. The van der Waals surface area contributed by atoms with E-state index in [2.05, 4.69) is 10.2 Å². The third-order valence-corrected chi connectivity index (χ3v) is 7.29. The number of phenols is 1. The van der Waals surface area contributed by atoms with Crippen molar-refractivity contribution in [3.8, 4) is 5.75 Å². The summed E-state index contributed by atoms with van der Waals surface area (Å²) in [7, 11) is 0. The van der Waals surface area contributed by atoms with Crippen LogP contribution in [0, 0.1) is 11.3 Å². The Morgan fingerprint density at radius 3 is 2.48 bits per heavy atom. The summed E-state index contributed by atoms with van der Waals surface area (Å²) >= 11 is 6.00. The van der Waals surface area contributed by atoms with E-state index in [-0.39, 0.29) is 48.3 Å². The molecule has 2 N–H and O–H groups in total. The van der Waals surface area contributed by atoms with Crippen molar-refractivity contribution in [3.05, 3.63) is 28.8 Å². The minimum absolute atomic E-state index is 0.0589. The van der Waals surface area contributed by atoms with Crippen molar-refractivity contribution in [2.75, 3.05) is 32.7 Å². The molecule has 2 aliphatic carbocycles. The molecular weight excluding hydrogens is 428 g/mol. The molecule has 0 bridgehead atoms. The van der Waals surface area contributed by atoms with Gasteiger partial charge in [0.25, 0.3) is 0 Å². The molecule has 2 amide bonds. The number of hydrogen-bond donors (Lipinski definition) is 2. The number of carbonyl (C=O) groups excluding carboxylic acids is 2. The fourth-order valence-electron chi connectivity index (χ4n) is 4.86. The van der Waals surface area contributed by atoms with Crippen LogP contribution in [0.5, 0.6) is 5.75 Å². The molecule has 170 valence electrons. The van der Waals surface area contributed by atoms with Gasteiger partial charge in [0.2, 0.25) is 17.7 Å². The molecule has 1 aliphatic heterocycles. The quantitative estimate of drug-likeness (QED) is 0.716. The molecule has 2 saturated carbocycles. The number of halogens is 3. The molecule has 1 unspecified atom stereocenters. The number of benzene rings is 1. The van der Waals surface area contributed by atoms with Gasteiger partial charge in [-0.1, -0.05) is 11.6 Å². The van der Waals surface area contributed by atoms with Crippen molar-refractivity contribution in [2.24, 2.45) is 11.3 Å². The fourth-order valence-corrected chi connectivity index (χ4v) is 5.05. The number of aromatic hydroxyl groups is 1. The Hall–Kier alpha value is -1.93. The van der Waals surface area contributed by atoms with Gasteiger partial charge in [0.1, 0.15) is 5.75 Å². The molecule has 3 aliphatic rings. The van der Waals surface area contributed by atoms with E-state index < -0.39 is 5.92 Å². The fraction of sp³-hybridized carbons (Fsp3) is 0.636. The van der Waals surface area contributed by atoms with Crippen LogP contribution in [0.15, 0.2) is 18.2 Å². The predicted molar refractivity (Wildman–Crippen MR) is 112 cm³/mol. The summed E-state index contributed by atoms with van der Waals surface area (Å²) in [6.07, 6.45) is 1.13. The van der Waals surface area contributed by atoms with Crippen LogP contribution in [0.1, 0.15) is 37.7 Å². The molecule has 1 aromatic rings. The largest absolute Gasteiger partial charge is 0.508 e. The number of hydrogen-bond acceptors (Lipinski definition) is 4. The highest BCUT2D eigenvalue weighted by molar-refractivity contribution is 6.30. The molecule has 9 heteroatoms. The summed E-state index contributed by atoms with van der Waals surface area (Å²) in [6.45, 7) is 2.89. The molecule has 0 radical (unpaired) electrons. The molecule has 6 nitrogen and oxygen atoms in total. The van der Waals surface area contributed by atoms with E-state index in [9.17, 15) is 23.5 Å². The molecule has 3 fully saturated rings. The van der Waals surface area contributed by atoms with Gasteiger partial charge in [-0.3, -0.25) is 14.5 Å². The lowest BCUT2D eigenvalue weighted by Gasteiger charge is -2.35. The molecule has 0 aromatic heterocycles. The van der Waals surface area contributed by atoms with Gasteiger partial charge < -0.3 is 15.3 Å². The van der Waals surface area contributed by atoms with E-state index in [1.807, 2.05) is 0 Å². The van der Waals surface area contributed by atoms with Crippen LogP contribution in [0.25, 0.3) is 0 Å². The lowest BCUT2D eigenvalue weighted by Crippen LogP contribution is -2.51. The third kappa shape index (κ3) is 5.12. The summed E-state index contributed by atoms with van der Waals surface area (Å²) in [5, 5.41) is 13.3. The number of phenolic OH excluding ortho intramolecular Hbond substituents is 1. The summed E-state index contributed by atoms with van der Waals surface area (Å²) in [6, 6.07) is 4.95. The number of nitrogens with one attached hydrogen (secondary N) is 1. The summed E-state index contributed by atoms with van der Waals surface area (Å²) in [5.74, 6) is -2.96. The van der Waals surface area contributed by atoms with Crippen molar-refractivity contribution in [1.82, 2.24) is 15.1 Å². The first-order valence-corrected chi connectivity index (χ1v) is 11.2. The predicted octanol–water partition coefficient (Wildman–Crippen LogP) is 3.02. The maximum atomic E-state index is 13.4. The first-order valence-electron chi connectivity index (χ1n) is 10.8. The van der Waals surface area contributed by atoms with E-state index in [0.717, 1.165) is 5.56 Å². The Labute approximate surface area is 185 Å². The topological polar surface area (TPSA) is 72.9 Å². The van der Waals surface area contributed by atoms with Gasteiger partial charge in [0, 0.05) is 62.1 Å². The van der Waals surface area contributed by atoms with Gasteiger partial charge in [-0.15, -0.1) is 0 Å². The SMILES string of the molecule is O=C(NCC(=O)N1CCN(Cc2cc(Cl)ccc2O)CC1)C1CC12CCC(F)(F)CC2. The Morgan fingerprint density at radius 2 is 1.81 bits per heavy atom. The zero-order valence-electron chi connectivity index (χ0n) is 17.4. The zero-order chi connectivity index (χ0) is 22.2. The molecule has 1 spiro atoms. The average Bonchev–Trinajstić information content (AvgIpc) is 3.46. The third-order valence-electron chi connectivity index (χ3n) is 7.06. The Balaban J connectivity index is 1.19. The molecule has 1 heterocycles. The van der Waals surface area contributed by atoms with Crippen molar-refractivity contribution in [2.45, 2.75) is 44.6 Å². The number of carbonyl (C=O) groups is 2. The van der Waals surface area contributed by atoms with E-state index in [1.54, 1.807) is 23.1 Å². The van der Waals surface area contributed by atoms with Crippen molar-refractivity contribution in [3.63, 3.8) is 0 Å². The summed E-state index contributed by atoms with van der Waals surface area (Å²) in [4.78, 5) is 28.8. The van der Waals surface area contributed by atoms with Crippen LogP contribution >= 0.6 is 11.6 Å². The van der Waals surface area contributed by atoms with Crippen molar-refractivity contribution >= 4 is 23.4 Å². The summed E-state index contributed by atoms with van der Waals surface area (Å²) < 4.78 is 26.8. The number of nitrogens with zero attached hydrogens (tertiary/aromatic N) is 2. The molecular formula is C22H28ClF2N3O3. The second-order valence-corrected chi connectivity index (χ2v) is 9.56. The first kappa shape index (κ1) is 22.3. The van der Waals surface area contributed by atoms with Crippen LogP contribution in [-0.4, -0.2) is 65.4 Å². The van der Waals surface area contributed by atoms with Crippen LogP contribution in [-0.2, 0) is 16.1 Å². The highest BCUT2D eigenvalue weighted by atomic mass is 35.5. The number of rotatable bonds is 5. The molecule has 1 saturated heterocycles. The smallest absolute Gasteiger partial charge is 0.248 e. The van der Waals surface area contributed by atoms with Crippen LogP contribution in [0.2, 0.25) is 5.02 Å². The number of alkyl halides is 2. The second-order valence-electron chi connectivity index (χ2n) is 9.12. The van der Waals surface area contributed by atoms with Gasteiger partial charge in [-0.05, 0) is 42.9 Å². The van der Waals surface area contributed by atoms with E-state index in [4.69, 9.17) is 11.6 Å². The number of piperazine rings is 1. The maximum absolute atomic E-state index is 13.4. The molecule has 1 atom stereocenters. The van der Waals surface area contributed by atoms with Gasteiger partial charge in [-0.2, -0.15) is 0 Å². The Kier molecular flexibility index (Phi) is 6.14. The van der Waals surface area contributed by atoms with Crippen LogP contribution < -0.4 is 5.32 Å². The highest BCUT2D eigenvalue weighted by Gasteiger charge is 2.60. The van der Waals surface area contributed by atoms with Gasteiger partial charge >= 0.3 is 0 Å². The monoisotopic (exact) mass is 455 g/mol. The Bertz CT molecular complexity index is 848. The van der Waals surface area contributed by atoms with Crippen molar-refractivity contribution < 1.29 is 23.5 Å². The van der Waals surface area contributed by atoms with Gasteiger partial charge in [0.05, 0.1) is 6.54 Å². The van der Waals surface area contributed by atoms with Gasteiger partial charge in [0.15, 0.2) is 0 Å². The summed E-state index contributed by atoms with van der Waals surface area (Å²) in [5.41, 5.74) is 0.477. The number of amides is 2. The van der Waals surface area contributed by atoms with E-state index >= 15 is 0 Å². The average molecular weight is 456 g/mol. The zero-order valence-corrected chi connectivity index (χ0v) is 18.1. The van der Waals surface area contributed by atoms with Crippen molar-refractivity contribution in [1.29, 1.82) is 0 Å². The van der Waals surface area contributed by atoms with Crippen LogP contribution in [0.3, 0.4) is 0 Å². The Morgan fingerprint density at radius 1 is 1.13 bits per heavy atom. The normalized spacial score (nSPS) is 24.7. The lowest BCUT2D eigenvalue weighted by molar-refractivity contribution is -0.135. The van der Waals surface area contributed by atoms with Gasteiger partial charge in [-0.25, -0.2) is 8.78 Å². The maximum Gasteiger partial charge on any atom is 0.248 e. The highest BCUT2D eigenvalue weighted by Crippen LogP contribution is 2.63. The molecule has 31 heavy (non-hydrogen) atoms. The molecule has 4 rings (SSSR count). The minimum atomic E-state index is -2.60. The van der Waals surface area contributed by atoms with E-state index in [1.165, 1.54) is 0 Å². The second kappa shape index (κ2) is 8.54. The lowest BCUT2D eigenvalue weighted by atomic mass is 9.82. The first-order chi connectivity index (χ1) is 14.7. The minimum Gasteiger partial charge on any atom is -0.508 e.